The Kier molecular flexibility index (Phi) is 5.30. The summed E-state index contributed by atoms with van der Waals surface area (Å²) in [4.78, 5) is 23.9. The number of aromatic nitrogens is 1. The summed E-state index contributed by atoms with van der Waals surface area (Å²) in [6.07, 6.45) is 6.42. The van der Waals surface area contributed by atoms with E-state index in [1.165, 1.54) is 10.8 Å². The van der Waals surface area contributed by atoms with Crippen LogP contribution in [-0.4, -0.2) is 66.0 Å². The average Bonchev–Trinajstić information content (AvgIpc) is 3.14. The van der Waals surface area contributed by atoms with Crippen molar-refractivity contribution in [2.75, 3.05) is 38.1 Å². The summed E-state index contributed by atoms with van der Waals surface area (Å²) >= 11 is 0. The number of piperidine rings is 1. The number of amides is 1. The van der Waals surface area contributed by atoms with Gasteiger partial charge in [0.05, 0.1) is 6.54 Å². The first-order valence-corrected chi connectivity index (χ1v) is 10.2. The van der Waals surface area contributed by atoms with Crippen molar-refractivity contribution >= 4 is 22.5 Å². The van der Waals surface area contributed by atoms with Gasteiger partial charge in [0.15, 0.2) is 0 Å². The molecule has 0 N–H and O–H groups in total. The van der Waals surface area contributed by atoms with Gasteiger partial charge in [-0.15, -0.1) is 0 Å². The van der Waals surface area contributed by atoms with Crippen molar-refractivity contribution in [3.05, 3.63) is 36.5 Å². The Bertz CT molecular complexity index is 800. The highest BCUT2D eigenvalue weighted by Crippen LogP contribution is 2.24. The zero-order chi connectivity index (χ0) is 18.8. The smallest absolute Gasteiger partial charge is 0.236 e. The van der Waals surface area contributed by atoms with Gasteiger partial charge in [0.1, 0.15) is 5.82 Å². The predicted octanol–water partition coefficient (Wildman–Crippen LogP) is 3.15. The number of benzene rings is 1. The third-order valence-electron chi connectivity index (χ3n) is 6.31. The highest BCUT2D eigenvalue weighted by atomic mass is 16.2. The Morgan fingerprint density at radius 3 is 2.59 bits per heavy atom. The molecule has 1 aromatic heterocycles. The molecule has 1 amide bonds. The SMILES string of the molecule is C[C@@H]1CCCN1C(=O)CN1CCC(N(C)c2cc3ccccc3cn2)CC1. The van der Waals surface area contributed by atoms with Gasteiger partial charge in [0.2, 0.25) is 5.91 Å². The second-order valence-corrected chi connectivity index (χ2v) is 8.09. The minimum Gasteiger partial charge on any atom is -0.357 e. The maximum atomic E-state index is 12.5. The number of likely N-dealkylation sites (tertiary alicyclic amines) is 2. The van der Waals surface area contributed by atoms with Crippen LogP contribution in [0.4, 0.5) is 5.82 Å². The van der Waals surface area contributed by atoms with Crippen molar-refractivity contribution in [3.8, 4) is 0 Å². The molecule has 2 aliphatic rings. The maximum absolute atomic E-state index is 12.5. The van der Waals surface area contributed by atoms with Crippen molar-refractivity contribution in [1.29, 1.82) is 0 Å². The molecule has 2 aliphatic heterocycles. The molecule has 1 atom stereocenters. The lowest BCUT2D eigenvalue weighted by molar-refractivity contribution is -0.133. The van der Waals surface area contributed by atoms with Crippen LogP contribution in [-0.2, 0) is 4.79 Å². The van der Waals surface area contributed by atoms with E-state index in [9.17, 15) is 4.79 Å². The Hall–Kier alpha value is -2.14. The molecule has 27 heavy (non-hydrogen) atoms. The number of carbonyl (C=O) groups is 1. The van der Waals surface area contributed by atoms with Crippen LogP contribution in [0, 0.1) is 0 Å². The van der Waals surface area contributed by atoms with Crippen molar-refractivity contribution in [3.63, 3.8) is 0 Å². The molecule has 0 bridgehead atoms. The minimum atomic E-state index is 0.308. The van der Waals surface area contributed by atoms with E-state index < -0.39 is 0 Å². The predicted molar refractivity (Wildman–Crippen MR) is 110 cm³/mol. The van der Waals surface area contributed by atoms with Gasteiger partial charge in [-0.1, -0.05) is 24.3 Å². The third kappa shape index (κ3) is 3.93. The Morgan fingerprint density at radius 1 is 1.15 bits per heavy atom. The van der Waals surface area contributed by atoms with E-state index >= 15 is 0 Å². The van der Waals surface area contributed by atoms with Gasteiger partial charge < -0.3 is 9.80 Å². The van der Waals surface area contributed by atoms with Crippen molar-refractivity contribution in [2.24, 2.45) is 0 Å². The van der Waals surface area contributed by atoms with E-state index in [1.54, 1.807) is 0 Å². The Labute approximate surface area is 162 Å². The molecule has 1 aromatic carbocycles. The number of rotatable bonds is 4. The van der Waals surface area contributed by atoms with Gasteiger partial charge in [-0.05, 0) is 44.1 Å². The lowest BCUT2D eigenvalue weighted by atomic mass is 10.0. The number of hydrogen-bond acceptors (Lipinski definition) is 4. The van der Waals surface area contributed by atoms with E-state index in [4.69, 9.17) is 0 Å². The maximum Gasteiger partial charge on any atom is 0.236 e. The lowest BCUT2D eigenvalue weighted by Crippen LogP contribution is -2.48. The van der Waals surface area contributed by atoms with E-state index in [0.717, 1.165) is 51.1 Å². The molecule has 0 unspecified atom stereocenters. The standard InChI is InChI=1S/C22H30N4O/c1-17-6-5-11-26(17)22(27)16-25-12-9-20(10-13-25)24(2)21-14-18-7-3-4-8-19(18)15-23-21/h3-4,7-8,14-15,17,20H,5-6,9-13,16H2,1-2H3/t17-/m1/s1. The van der Waals surface area contributed by atoms with E-state index in [2.05, 4.69) is 57.9 Å². The highest BCUT2D eigenvalue weighted by Gasteiger charge is 2.29. The molecule has 5 nitrogen and oxygen atoms in total. The largest absolute Gasteiger partial charge is 0.357 e. The molecule has 0 aliphatic carbocycles. The van der Waals surface area contributed by atoms with Gasteiger partial charge in [-0.3, -0.25) is 9.69 Å². The number of carbonyl (C=O) groups excluding carboxylic acids is 1. The monoisotopic (exact) mass is 366 g/mol. The normalized spacial score (nSPS) is 21.7. The van der Waals surface area contributed by atoms with Crippen LogP contribution >= 0.6 is 0 Å². The molecule has 0 saturated carbocycles. The van der Waals surface area contributed by atoms with Crippen LogP contribution in [0.3, 0.4) is 0 Å². The van der Waals surface area contributed by atoms with Crippen LogP contribution in [0.5, 0.6) is 0 Å². The summed E-state index contributed by atoms with van der Waals surface area (Å²) in [6.45, 7) is 5.65. The first-order valence-electron chi connectivity index (χ1n) is 10.2. The fourth-order valence-electron chi connectivity index (χ4n) is 4.50. The Morgan fingerprint density at radius 2 is 1.89 bits per heavy atom. The number of pyridine rings is 1. The second-order valence-electron chi connectivity index (χ2n) is 8.09. The van der Waals surface area contributed by atoms with Gasteiger partial charge in [0, 0.05) is 50.3 Å². The molecule has 2 aromatic rings. The molecule has 2 saturated heterocycles. The molecular formula is C22H30N4O. The highest BCUT2D eigenvalue weighted by molar-refractivity contribution is 5.84. The van der Waals surface area contributed by atoms with Gasteiger partial charge in [-0.25, -0.2) is 4.98 Å². The summed E-state index contributed by atoms with van der Waals surface area (Å²) in [6, 6.07) is 11.4. The number of hydrogen-bond donors (Lipinski definition) is 0. The van der Waals surface area contributed by atoms with Crippen LogP contribution in [0.15, 0.2) is 36.5 Å². The summed E-state index contributed by atoms with van der Waals surface area (Å²) in [5.74, 6) is 1.34. The molecule has 0 radical (unpaired) electrons. The summed E-state index contributed by atoms with van der Waals surface area (Å²) in [5, 5.41) is 2.41. The number of nitrogens with zero attached hydrogens (tertiary/aromatic N) is 4. The molecule has 0 spiro atoms. The zero-order valence-corrected chi connectivity index (χ0v) is 16.5. The van der Waals surface area contributed by atoms with E-state index in [1.807, 2.05) is 12.3 Å². The van der Waals surface area contributed by atoms with Crippen molar-refractivity contribution in [1.82, 2.24) is 14.8 Å². The average molecular weight is 367 g/mol. The number of fused-ring (bicyclic) bond motifs is 1. The lowest BCUT2D eigenvalue weighted by Gasteiger charge is -2.37. The zero-order valence-electron chi connectivity index (χ0n) is 16.5. The molecule has 2 fully saturated rings. The van der Waals surface area contributed by atoms with Crippen LogP contribution in [0.1, 0.15) is 32.6 Å². The fraction of sp³-hybridized carbons (Fsp3) is 0.545. The van der Waals surface area contributed by atoms with Crippen LogP contribution < -0.4 is 4.90 Å². The molecule has 144 valence electrons. The third-order valence-corrected chi connectivity index (χ3v) is 6.31. The molecule has 5 heteroatoms. The molecule has 4 rings (SSSR count). The van der Waals surface area contributed by atoms with Crippen molar-refractivity contribution < 1.29 is 4.79 Å². The van der Waals surface area contributed by atoms with E-state index in [0.29, 0.717) is 24.5 Å². The van der Waals surface area contributed by atoms with E-state index in [-0.39, 0.29) is 0 Å². The fourth-order valence-corrected chi connectivity index (χ4v) is 4.50. The topological polar surface area (TPSA) is 39.7 Å². The summed E-state index contributed by atoms with van der Waals surface area (Å²) in [7, 11) is 2.15. The van der Waals surface area contributed by atoms with Gasteiger partial charge in [-0.2, -0.15) is 0 Å². The van der Waals surface area contributed by atoms with Crippen LogP contribution in [0.2, 0.25) is 0 Å². The first-order chi connectivity index (χ1) is 13.1. The number of anilines is 1. The van der Waals surface area contributed by atoms with Gasteiger partial charge in [0.25, 0.3) is 0 Å². The second kappa shape index (κ2) is 7.85. The quantitative estimate of drug-likeness (QED) is 0.833. The van der Waals surface area contributed by atoms with Crippen LogP contribution in [0.25, 0.3) is 10.8 Å². The minimum absolute atomic E-state index is 0.308. The van der Waals surface area contributed by atoms with Crippen molar-refractivity contribution in [2.45, 2.75) is 44.7 Å². The Balaban J connectivity index is 1.33. The summed E-state index contributed by atoms with van der Waals surface area (Å²) in [5.41, 5.74) is 0. The molecule has 3 heterocycles. The first kappa shape index (κ1) is 18.2. The van der Waals surface area contributed by atoms with Gasteiger partial charge >= 0.3 is 0 Å². The molecular weight excluding hydrogens is 336 g/mol. The summed E-state index contributed by atoms with van der Waals surface area (Å²) < 4.78 is 0.